The van der Waals surface area contributed by atoms with E-state index in [1.165, 1.54) is 0 Å². The largest absolute Gasteiger partial charge is 0.490 e. The molecule has 2 atom stereocenters. The van der Waals surface area contributed by atoms with E-state index < -0.39 is 11.5 Å². The van der Waals surface area contributed by atoms with Crippen LogP contribution in [0.2, 0.25) is 5.02 Å². The fourth-order valence-corrected chi connectivity index (χ4v) is 2.15. The molecule has 0 saturated carbocycles. The van der Waals surface area contributed by atoms with Gasteiger partial charge in [0.05, 0.1) is 6.10 Å². The van der Waals surface area contributed by atoms with Gasteiger partial charge in [-0.2, -0.15) is 0 Å². The monoisotopic (exact) mass is 241 g/mol. The third-order valence-corrected chi connectivity index (χ3v) is 2.98. The molecule has 0 bridgehead atoms. The number of carbonyl (C=O) groups is 1. The number of aliphatic carboxylic acids is 1. The number of nitrogens with two attached hydrogens (primary N) is 1. The van der Waals surface area contributed by atoms with Crippen molar-refractivity contribution in [2.75, 3.05) is 0 Å². The molecule has 0 saturated heterocycles. The Hall–Kier alpha value is -1.26. The Morgan fingerprint density at radius 2 is 2.38 bits per heavy atom. The topological polar surface area (TPSA) is 72.6 Å². The maximum absolute atomic E-state index is 11.3. The normalized spacial score (nSPS) is 28.1. The van der Waals surface area contributed by atoms with Gasteiger partial charge in [-0.3, -0.25) is 0 Å². The number of carboxylic acids is 1. The molecule has 16 heavy (non-hydrogen) atoms. The Morgan fingerprint density at radius 1 is 1.69 bits per heavy atom. The second-order valence-electron chi connectivity index (χ2n) is 4.05. The Kier molecular flexibility index (Phi) is 2.56. The standard InChI is InChI=1S/C11H12ClNO3/c1-6-5-11(13,10(14)15)8-4-7(12)2-3-9(8)16-6/h2-4,6H,5,13H2,1H3,(H,14,15)/t6-,11+/m0/s1. The van der Waals surface area contributed by atoms with Crippen molar-refractivity contribution in [2.45, 2.75) is 25.0 Å². The molecule has 2 rings (SSSR count). The number of hydrogen-bond donors (Lipinski definition) is 2. The van der Waals surface area contributed by atoms with Gasteiger partial charge in [-0.25, -0.2) is 4.79 Å². The van der Waals surface area contributed by atoms with Crippen molar-refractivity contribution in [2.24, 2.45) is 5.73 Å². The first-order chi connectivity index (χ1) is 7.43. The molecule has 0 aromatic heterocycles. The van der Waals surface area contributed by atoms with E-state index in [9.17, 15) is 9.90 Å². The van der Waals surface area contributed by atoms with Crippen LogP contribution in [0, 0.1) is 0 Å². The zero-order chi connectivity index (χ0) is 11.9. The van der Waals surface area contributed by atoms with Crippen LogP contribution in [-0.4, -0.2) is 17.2 Å². The molecule has 0 spiro atoms. The van der Waals surface area contributed by atoms with Gasteiger partial charge in [-0.1, -0.05) is 11.6 Å². The summed E-state index contributed by atoms with van der Waals surface area (Å²) in [6.45, 7) is 1.79. The molecule has 1 heterocycles. The Bertz CT molecular complexity index is 449. The van der Waals surface area contributed by atoms with Crippen LogP contribution in [0.25, 0.3) is 0 Å². The highest BCUT2D eigenvalue weighted by Gasteiger charge is 2.43. The molecule has 0 fully saturated rings. The SMILES string of the molecule is C[C@H]1C[C@](N)(C(=O)O)c2cc(Cl)ccc2O1. The van der Waals surface area contributed by atoms with Gasteiger partial charge in [0, 0.05) is 17.0 Å². The minimum absolute atomic E-state index is 0.227. The van der Waals surface area contributed by atoms with Crippen molar-refractivity contribution in [3.8, 4) is 5.75 Å². The number of halogens is 1. The van der Waals surface area contributed by atoms with E-state index in [2.05, 4.69) is 0 Å². The molecule has 1 aromatic rings. The minimum atomic E-state index is -1.42. The predicted octanol–water partition coefficient (Wildman–Crippen LogP) is 1.75. The summed E-state index contributed by atoms with van der Waals surface area (Å²) in [6.07, 6.45) is 0.00476. The molecule has 0 amide bonds. The highest BCUT2D eigenvalue weighted by atomic mass is 35.5. The molecule has 1 aromatic carbocycles. The lowest BCUT2D eigenvalue weighted by Crippen LogP contribution is -2.50. The predicted molar refractivity (Wildman–Crippen MR) is 59.7 cm³/mol. The first-order valence-corrected chi connectivity index (χ1v) is 5.30. The number of fused-ring (bicyclic) bond motifs is 1. The third kappa shape index (κ3) is 1.64. The summed E-state index contributed by atoms with van der Waals surface area (Å²) in [5.74, 6) is -0.570. The highest BCUT2D eigenvalue weighted by Crippen LogP contribution is 2.39. The van der Waals surface area contributed by atoms with E-state index in [1.807, 2.05) is 0 Å². The van der Waals surface area contributed by atoms with Crippen LogP contribution in [0.3, 0.4) is 0 Å². The summed E-state index contributed by atoms with van der Waals surface area (Å²) in [5, 5.41) is 9.68. The average Bonchev–Trinajstić information content (AvgIpc) is 2.19. The van der Waals surface area contributed by atoms with Crippen molar-refractivity contribution >= 4 is 17.6 Å². The summed E-state index contributed by atoms with van der Waals surface area (Å²) in [6, 6.07) is 4.86. The van der Waals surface area contributed by atoms with Gasteiger partial charge < -0.3 is 15.6 Å². The third-order valence-electron chi connectivity index (χ3n) is 2.74. The van der Waals surface area contributed by atoms with Gasteiger partial charge in [0.2, 0.25) is 0 Å². The lowest BCUT2D eigenvalue weighted by Gasteiger charge is -2.35. The van der Waals surface area contributed by atoms with Crippen LogP contribution in [0.5, 0.6) is 5.75 Å². The van der Waals surface area contributed by atoms with Crippen LogP contribution >= 0.6 is 11.6 Å². The van der Waals surface area contributed by atoms with Crippen molar-refractivity contribution < 1.29 is 14.6 Å². The summed E-state index contributed by atoms with van der Waals surface area (Å²) in [4.78, 5) is 11.3. The summed E-state index contributed by atoms with van der Waals surface area (Å²) in [7, 11) is 0. The van der Waals surface area contributed by atoms with Crippen LogP contribution in [0.1, 0.15) is 18.9 Å². The molecule has 4 nitrogen and oxygen atoms in total. The van der Waals surface area contributed by atoms with Gasteiger partial charge in [0.1, 0.15) is 11.3 Å². The van der Waals surface area contributed by atoms with E-state index in [-0.39, 0.29) is 12.5 Å². The number of benzene rings is 1. The second-order valence-corrected chi connectivity index (χ2v) is 4.49. The lowest BCUT2D eigenvalue weighted by atomic mass is 9.83. The molecule has 1 aliphatic heterocycles. The molecule has 0 aliphatic carbocycles. The zero-order valence-corrected chi connectivity index (χ0v) is 9.49. The molecule has 0 radical (unpaired) electrons. The smallest absolute Gasteiger partial charge is 0.328 e. The van der Waals surface area contributed by atoms with Crippen LogP contribution in [-0.2, 0) is 10.3 Å². The van der Waals surface area contributed by atoms with Crippen molar-refractivity contribution in [1.29, 1.82) is 0 Å². The fraction of sp³-hybridized carbons (Fsp3) is 0.364. The van der Waals surface area contributed by atoms with Crippen molar-refractivity contribution in [3.63, 3.8) is 0 Å². The maximum atomic E-state index is 11.3. The second kappa shape index (κ2) is 3.64. The summed E-state index contributed by atoms with van der Waals surface area (Å²) >= 11 is 5.84. The van der Waals surface area contributed by atoms with Gasteiger partial charge >= 0.3 is 5.97 Å². The van der Waals surface area contributed by atoms with Gasteiger partial charge in [-0.05, 0) is 25.1 Å². The fourth-order valence-electron chi connectivity index (χ4n) is 1.98. The molecular formula is C11H12ClNO3. The molecular weight excluding hydrogens is 230 g/mol. The minimum Gasteiger partial charge on any atom is -0.490 e. The first kappa shape index (κ1) is 11.2. The molecule has 86 valence electrons. The quantitative estimate of drug-likeness (QED) is 0.786. The average molecular weight is 242 g/mol. The Balaban J connectivity index is 2.60. The number of ether oxygens (including phenoxy) is 1. The van der Waals surface area contributed by atoms with E-state index in [0.717, 1.165) is 0 Å². The lowest BCUT2D eigenvalue weighted by molar-refractivity contribution is -0.145. The maximum Gasteiger partial charge on any atom is 0.328 e. The highest BCUT2D eigenvalue weighted by molar-refractivity contribution is 6.30. The van der Waals surface area contributed by atoms with Gasteiger partial charge in [0.15, 0.2) is 0 Å². The van der Waals surface area contributed by atoms with Crippen LogP contribution in [0.15, 0.2) is 18.2 Å². The van der Waals surface area contributed by atoms with Gasteiger partial charge in [0.25, 0.3) is 0 Å². The summed E-state index contributed by atoms with van der Waals surface area (Å²) in [5.41, 5.74) is 4.95. The van der Waals surface area contributed by atoms with Crippen LogP contribution < -0.4 is 10.5 Å². The van der Waals surface area contributed by atoms with E-state index >= 15 is 0 Å². The molecule has 3 N–H and O–H groups in total. The molecule has 1 aliphatic rings. The number of carboxylic acid groups (broad SMARTS) is 1. The Morgan fingerprint density at radius 3 is 3.00 bits per heavy atom. The van der Waals surface area contributed by atoms with Gasteiger partial charge in [-0.15, -0.1) is 0 Å². The number of rotatable bonds is 1. The number of hydrogen-bond acceptors (Lipinski definition) is 3. The zero-order valence-electron chi connectivity index (χ0n) is 8.74. The Labute approximate surface area is 98.0 Å². The summed E-state index contributed by atoms with van der Waals surface area (Å²) < 4.78 is 5.53. The van der Waals surface area contributed by atoms with Crippen molar-refractivity contribution in [1.82, 2.24) is 0 Å². The van der Waals surface area contributed by atoms with E-state index in [0.29, 0.717) is 16.3 Å². The van der Waals surface area contributed by atoms with Crippen molar-refractivity contribution in [3.05, 3.63) is 28.8 Å². The first-order valence-electron chi connectivity index (χ1n) is 4.92. The molecule has 5 heteroatoms. The van der Waals surface area contributed by atoms with E-state index in [4.69, 9.17) is 22.1 Å². The molecule has 0 unspecified atom stereocenters. The van der Waals surface area contributed by atoms with Crippen LogP contribution in [0.4, 0.5) is 0 Å². The van der Waals surface area contributed by atoms with E-state index in [1.54, 1.807) is 25.1 Å².